The molecule has 0 saturated heterocycles. The van der Waals surface area contributed by atoms with Crippen LogP contribution in [0, 0.1) is 0 Å². The molecule has 1 fully saturated rings. The fraction of sp³-hybridized carbons (Fsp3) is 0.333. The minimum Gasteiger partial charge on any atom is -0.0614 e. The monoisotopic (exact) mass is 236 g/mol. The summed E-state index contributed by atoms with van der Waals surface area (Å²) in [4.78, 5) is 0. The third kappa shape index (κ3) is 2.33. The highest BCUT2D eigenvalue weighted by atomic mass is 14.3. The molecule has 0 aliphatic heterocycles. The van der Waals surface area contributed by atoms with Gasteiger partial charge in [0.1, 0.15) is 0 Å². The van der Waals surface area contributed by atoms with Crippen LogP contribution in [0.15, 0.2) is 48.5 Å². The Morgan fingerprint density at radius 1 is 0.889 bits per heavy atom. The lowest BCUT2D eigenvalue weighted by molar-refractivity contribution is 0.867. The summed E-state index contributed by atoms with van der Waals surface area (Å²) in [6.45, 7) is 4.49. The molecule has 0 aromatic heterocycles. The summed E-state index contributed by atoms with van der Waals surface area (Å²) >= 11 is 0. The van der Waals surface area contributed by atoms with Gasteiger partial charge in [0.15, 0.2) is 0 Å². The first-order valence-electron chi connectivity index (χ1n) is 6.94. The van der Waals surface area contributed by atoms with Crippen LogP contribution in [0.25, 0.3) is 11.1 Å². The van der Waals surface area contributed by atoms with E-state index < -0.39 is 0 Å². The van der Waals surface area contributed by atoms with Crippen molar-refractivity contribution in [3.8, 4) is 11.1 Å². The molecule has 1 aliphatic carbocycles. The van der Waals surface area contributed by atoms with E-state index in [1.54, 1.807) is 0 Å². The van der Waals surface area contributed by atoms with Gasteiger partial charge in [0.25, 0.3) is 0 Å². The molecule has 0 heterocycles. The molecule has 0 amide bonds. The van der Waals surface area contributed by atoms with Crippen molar-refractivity contribution in [2.24, 2.45) is 0 Å². The Morgan fingerprint density at radius 3 is 2.22 bits per heavy atom. The van der Waals surface area contributed by atoms with E-state index in [9.17, 15) is 0 Å². The smallest absolute Gasteiger partial charge is 0.0162 e. The van der Waals surface area contributed by atoms with Gasteiger partial charge in [-0.3, -0.25) is 0 Å². The summed E-state index contributed by atoms with van der Waals surface area (Å²) in [7, 11) is 0. The van der Waals surface area contributed by atoms with Crippen molar-refractivity contribution in [2.75, 3.05) is 0 Å². The molecule has 92 valence electrons. The molecule has 2 aromatic carbocycles. The number of rotatable bonds is 3. The van der Waals surface area contributed by atoms with Gasteiger partial charge in [-0.15, -0.1) is 0 Å². The predicted molar refractivity (Wildman–Crippen MR) is 77.9 cm³/mol. The van der Waals surface area contributed by atoms with E-state index in [0.717, 1.165) is 5.92 Å². The molecule has 0 atom stereocenters. The normalized spacial score (nSPS) is 15.1. The van der Waals surface area contributed by atoms with Crippen molar-refractivity contribution >= 4 is 0 Å². The van der Waals surface area contributed by atoms with Crippen LogP contribution in [0.3, 0.4) is 0 Å². The Hall–Kier alpha value is -1.56. The minimum atomic E-state index is 0.593. The van der Waals surface area contributed by atoms with Gasteiger partial charge in [-0.05, 0) is 46.9 Å². The molecular formula is C18H20. The molecule has 0 radical (unpaired) electrons. The summed E-state index contributed by atoms with van der Waals surface area (Å²) in [5, 5.41) is 0. The maximum Gasteiger partial charge on any atom is -0.0162 e. The third-order valence-corrected chi connectivity index (χ3v) is 3.85. The van der Waals surface area contributed by atoms with Crippen LogP contribution >= 0.6 is 0 Å². The van der Waals surface area contributed by atoms with Crippen LogP contribution in [0.5, 0.6) is 0 Å². The van der Waals surface area contributed by atoms with Crippen LogP contribution in [0.4, 0.5) is 0 Å². The highest BCUT2D eigenvalue weighted by Crippen LogP contribution is 2.40. The van der Waals surface area contributed by atoms with Crippen LogP contribution in [-0.2, 0) is 0 Å². The molecule has 18 heavy (non-hydrogen) atoms. The second-order valence-corrected chi connectivity index (χ2v) is 5.68. The number of hydrogen-bond donors (Lipinski definition) is 0. The van der Waals surface area contributed by atoms with Gasteiger partial charge in [-0.1, -0.05) is 62.4 Å². The third-order valence-electron chi connectivity index (χ3n) is 3.85. The van der Waals surface area contributed by atoms with Crippen LogP contribution in [0.2, 0.25) is 0 Å². The Labute approximate surface area is 110 Å². The molecule has 1 aliphatic rings. The predicted octanol–water partition coefficient (Wildman–Crippen LogP) is 5.35. The first-order valence-corrected chi connectivity index (χ1v) is 6.94. The van der Waals surface area contributed by atoms with E-state index in [1.165, 1.54) is 35.1 Å². The van der Waals surface area contributed by atoms with Crippen LogP contribution in [-0.4, -0.2) is 0 Å². The van der Waals surface area contributed by atoms with Crippen molar-refractivity contribution in [1.29, 1.82) is 0 Å². The topological polar surface area (TPSA) is 0 Å². The standard InChI is InChI=1S/C18H20/c1-13(2)17-4-3-5-18(12-17)16-10-8-15(9-11-16)14-6-7-14/h3-5,8-14H,6-7H2,1-2H3. The van der Waals surface area contributed by atoms with Gasteiger partial charge in [-0.25, -0.2) is 0 Å². The average molecular weight is 236 g/mol. The molecule has 0 nitrogen and oxygen atoms in total. The van der Waals surface area contributed by atoms with Gasteiger partial charge < -0.3 is 0 Å². The molecule has 0 spiro atoms. The van der Waals surface area contributed by atoms with Crippen molar-refractivity contribution in [2.45, 2.75) is 38.5 Å². The summed E-state index contributed by atoms with van der Waals surface area (Å²) in [6.07, 6.45) is 2.75. The first-order chi connectivity index (χ1) is 8.74. The van der Waals surface area contributed by atoms with Gasteiger partial charge in [0.2, 0.25) is 0 Å². The molecular weight excluding hydrogens is 216 g/mol. The highest BCUT2D eigenvalue weighted by molar-refractivity contribution is 5.64. The van der Waals surface area contributed by atoms with Crippen molar-refractivity contribution in [1.82, 2.24) is 0 Å². The van der Waals surface area contributed by atoms with Crippen molar-refractivity contribution < 1.29 is 0 Å². The van der Waals surface area contributed by atoms with E-state index >= 15 is 0 Å². The Kier molecular flexibility index (Phi) is 2.95. The highest BCUT2D eigenvalue weighted by Gasteiger charge is 2.22. The molecule has 2 aromatic rings. The molecule has 1 saturated carbocycles. The average Bonchev–Trinajstić information content (AvgIpc) is 3.23. The van der Waals surface area contributed by atoms with E-state index in [0.29, 0.717) is 5.92 Å². The largest absolute Gasteiger partial charge is 0.0614 e. The summed E-state index contributed by atoms with van der Waals surface area (Å²) in [5.41, 5.74) is 5.60. The maximum atomic E-state index is 2.32. The lowest BCUT2D eigenvalue weighted by Gasteiger charge is -2.09. The quantitative estimate of drug-likeness (QED) is 0.673. The van der Waals surface area contributed by atoms with Gasteiger partial charge in [0.05, 0.1) is 0 Å². The van der Waals surface area contributed by atoms with E-state index in [4.69, 9.17) is 0 Å². The summed E-state index contributed by atoms with van der Waals surface area (Å²) in [6, 6.07) is 18.0. The zero-order chi connectivity index (χ0) is 12.5. The van der Waals surface area contributed by atoms with Crippen LogP contribution in [0.1, 0.15) is 49.7 Å². The fourth-order valence-corrected chi connectivity index (χ4v) is 2.44. The molecule has 0 unspecified atom stereocenters. The second kappa shape index (κ2) is 4.61. The van der Waals surface area contributed by atoms with Gasteiger partial charge in [0, 0.05) is 0 Å². The Bertz CT molecular complexity index is 530. The van der Waals surface area contributed by atoms with Crippen molar-refractivity contribution in [3.63, 3.8) is 0 Å². The number of hydrogen-bond acceptors (Lipinski definition) is 0. The van der Waals surface area contributed by atoms with Gasteiger partial charge in [-0.2, -0.15) is 0 Å². The Balaban J connectivity index is 1.91. The molecule has 0 heteroatoms. The molecule has 3 rings (SSSR count). The first kappa shape index (κ1) is 11.5. The summed E-state index contributed by atoms with van der Waals surface area (Å²) in [5.74, 6) is 1.44. The summed E-state index contributed by atoms with van der Waals surface area (Å²) < 4.78 is 0. The molecule has 0 N–H and O–H groups in total. The van der Waals surface area contributed by atoms with Crippen LogP contribution < -0.4 is 0 Å². The zero-order valence-electron chi connectivity index (χ0n) is 11.2. The fourth-order valence-electron chi connectivity index (χ4n) is 2.44. The SMILES string of the molecule is CC(C)c1cccc(-c2ccc(C3CC3)cc2)c1. The van der Waals surface area contributed by atoms with E-state index in [-0.39, 0.29) is 0 Å². The van der Waals surface area contributed by atoms with E-state index in [2.05, 4.69) is 62.4 Å². The van der Waals surface area contributed by atoms with Gasteiger partial charge >= 0.3 is 0 Å². The maximum absolute atomic E-state index is 2.32. The second-order valence-electron chi connectivity index (χ2n) is 5.68. The lowest BCUT2D eigenvalue weighted by atomic mass is 9.96. The Morgan fingerprint density at radius 2 is 1.61 bits per heavy atom. The minimum absolute atomic E-state index is 0.593. The molecule has 0 bridgehead atoms. The number of benzene rings is 2. The van der Waals surface area contributed by atoms with E-state index in [1.807, 2.05) is 0 Å². The van der Waals surface area contributed by atoms with Crippen molar-refractivity contribution in [3.05, 3.63) is 59.7 Å². The lowest BCUT2D eigenvalue weighted by Crippen LogP contribution is -1.88. The zero-order valence-corrected chi connectivity index (χ0v) is 11.2.